The number of carbonyl (C=O) groups is 2. The number of rotatable bonds is 6. The number of pyridine rings is 1. The number of alkyl halides is 3. The first-order chi connectivity index (χ1) is 14.1. The number of aliphatic hydroxyl groups is 1. The zero-order valence-corrected chi connectivity index (χ0v) is 15.4. The average Bonchev–Trinajstić information content (AvgIpc) is 2.70. The molecule has 0 fully saturated rings. The normalized spacial score (nSPS) is 11.6. The standard InChI is InChI=1S/C21H16F3NO5/c22-21(23,24)15-9-16-13(8-12(15)11-4-2-1-3-5-11)14(10-26)19(20(30)25-16)17(27)6-7-18(28)29/h1-5,8-9,26H,6-7,10H2,(H,25,30)(H,28,29). The van der Waals surface area contributed by atoms with Crippen molar-refractivity contribution in [3.05, 3.63) is 69.5 Å². The molecular weight excluding hydrogens is 403 g/mol. The summed E-state index contributed by atoms with van der Waals surface area (Å²) in [4.78, 5) is 37.8. The van der Waals surface area contributed by atoms with Gasteiger partial charge in [0.2, 0.25) is 0 Å². The molecule has 0 saturated carbocycles. The fourth-order valence-electron chi connectivity index (χ4n) is 3.30. The number of carboxylic acids is 1. The van der Waals surface area contributed by atoms with Gasteiger partial charge in [0.25, 0.3) is 5.56 Å². The van der Waals surface area contributed by atoms with Gasteiger partial charge in [0.05, 0.1) is 24.2 Å². The maximum Gasteiger partial charge on any atom is 0.417 e. The first-order valence-electron chi connectivity index (χ1n) is 8.85. The number of aromatic nitrogens is 1. The Balaban J connectivity index is 2.32. The fraction of sp³-hybridized carbons (Fsp3) is 0.190. The number of hydrogen-bond acceptors (Lipinski definition) is 4. The number of halogens is 3. The highest BCUT2D eigenvalue weighted by Gasteiger charge is 2.35. The van der Waals surface area contributed by atoms with Gasteiger partial charge in [-0.25, -0.2) is 0 Å². The summed E-state index contributed by atoms with van der Waals surface area (Å²) in [6.07, 6.45) is -5.72. The fourth-order valence-corrected chi connectivity index (χ4v) is 3.30. The van der Waals surface area contributed by atoms with Crippen LogP contribution in [-0.4, -0.2) is 26.9 Å². The molecule has 9 heteroatoms. The number of nitrogens with one attached hydrogen (secondary N) is 1. The second kappa shape index (κ2) is 8.11. The van der Waals surface area contributed by atoms with E-state index >= 15 is 0 Å². The topological polar surface area (TPSA) is 107 Å². The van der Waals surface area contributed by atoms with E-state index in [1.165, 1.54) is 18.2 Å². The Labute approximate surface area is 167 Å². The average molecular weight is 419 g/mol. The van der Waals surface area contributed by atoms with Crippen LogP contribution < -0.4 is 5.56 Å². The number of fused-ring (bicyclic) bond motifs is 1. The van der Waals surface area contributed by atoms with E-state index in [4.69, 9.17) is 5.11 Å². The molecule has 0 aliphatic rings. The Morgan fingerprint density at radius 2 is 1.70 bits per heavy atom. The molecule has 0 aliphatic carbocycles. The number of Topliss-reactive ketones (excluding diaryl/α,β-unsaturated/α-hetero) is 1. The van der Waals surface area contributed by atoms with E-state index in [0.717, 1.165) is 6.07 Å². The van der Waals surface area contributed by atoms with Crippen LogP contribution in [0.3, 0.4) is 0 Å². The molecular formula is C21H16F3NO5. The van der Waals surface area contributed by atoms with Crippen LogP contribution in [-0.2, 0) is 17.6 Å². The second-order valence-corrected chi connectivity index (χ2v) is 6.59. The van der Waals surface area contributed by atoms with Crippen LogP contribution in [0.1, 0.15) is 34.3 Å². The van der Waals surface area contributed by atoms with E-state index in [1.54, 1.807) is 18.2 Å². The van der Waals surface area contributed by atoms with Crippen LogP contribution in [0.2, 0.25) is 0 Å². The van der Waals surface area contributed by atoms with Crippen molar-refractivity contribution in [1.82, 2.24) is 4.98 Å². The Hall–Kier alpha value is -3.46. The highest BCUT2D eigenvalue weighted by Crippen LogP contribution is 2.39. The monoisotopic (exact) mass is 419 g/mol. The summed E-state index contributed by atoms with van der Waals surface area (Å²) < 4.78 is 41.0. The van der Waals surface area contributed by atoms with Crippen LogP contribution in [0.25, 0.3) is 22.0 Å². The molecule has 1 heterocycles. The molecule has 30 heavy (non-hydrogen) atoms. The molecule has 0 atom stereocenters. The van der Waals surface area contributed by atoms with E-state index in [9.17, 15) is 32.7 Å². The van der Waals surface area contributed by atoms with E-state index in [1.807, 2.05) is 0 Å². The van der Waals surface area contributed by atoms with Crippen molar-refractivity contribution in [1.29, 1.82) is 0 Å². The highest BCUT2D eigenvalue weighted by atomic mass is 19.4. The maximum absolute atomic E-state index is 13.7. The molecule has 0 aliphatic heterocycles. The summed E-state index contributed by atoms with van der Waals surface area (Å²) in [6, 6.07) is 9.69. The van der Waals surface area contributed by atoms with Crippen molar-refractivity contribution in [2.45, 2.75) is 25.6 Å². The lowest BCUT2D eigenvalue weighted by Gasteiger charge is -2.17. The van der Waals surface area contributed by atoms with Gasteiger partial charge in [-0.3, -0.25) is 14.4 Å². The minimum Gasteiger partial charge on any atom is -0.481 e. The van der Waals surface area contributed by atoms with Gasteiger partial charge in [-0.05, 0) is 23.3 Å². The Morgan fingerprint density at radius 1 is 1.03 bits per heavy atom. The van der Waals surface area contributed by atoms with Gasteiger partial charge in [-0.1, -0.05) is 30.3 Å². The first kappa shape index (κ1) is 21.3. The van der Waals surface area contributed by atoms with E-state index < -0.39 is 54.1 Å². The predicted molar refractivity (Wildman–Crippen MR) is 102 cm³/mol. The van der Waals surface area contributed by atoms with Crippen LogP contribution in [0.4, 0.5) is 13.2 Å². The number of benzene rings is 2. The van der Waals surface area contributed by atoms with Gasteiger partial charge in [0, 0.05) is 22.9 Å². The quantitative estimate of drug-likeness (QED) is 0.528. The predicted octanol–water partition coefficient (Wildman–Crippen LogP) is 3.75. The summed E-state index contributed by atoms with van der Waals surface area (Å²) in [7, 11) is 0. The minimum absolute atomic E-state index is 0.0719. The molecule has 6 nitrogen and oxygen atoms in total. The lowest BCUT2D eigenvalue weighted by Crippen LogP contribution is -2.22. The van der Waals surface area contributed by atoms with Gasteiger partial charge in [-0.15, -0.1) is 0 Å². The number of aliphatic carboxylic acids is 1. The van der Waals surface area contributed by atoms with Gasteiger partial charge in [-0.2, -0.15) is 13.2 Å². The molecule has 0 spiro atoms. The third-order valence-corrected chi connectivity index (χ3v) is 4.65. The van der Waals surface area contributed by atoms with E-state index in [2.05, 4.69) is 4.98 Å². The molecule has 156 valence electrons. The maximum atomic E-state index is 13.7. The largest absolute Gasteiger partial charge is 0.481 e. The van der Waals surface area contributed by atoms with Crippen molar-refractivity contribution >= 4 is 22.7 Å². The Morgan fingerprint density at radius 3 is 2.27 bits per heavy atom. The number of carbonyl (C=O) groups excluding carboxylic acids is 1. The van der Waals surface area contributed by atoms with E-state index in [-0.39, 0.29) is 27.6 Å². The number of hydrogen-bond donors (Lipinski definition) is 3. The van der Waals surface area contributed by atoms with Crippen molar-refractivity contribution in [3.63, 3.8) is 0 Å². The zero-order valence-electron chi connectivity index (χ0n) is 15.4. The highest BCUT2D eigenvalue weighted by molar-refractivity contribution is 6.03. The van der Waals surface area contributed by atoms with Gasteiger partial charge in [0.15, 0.2) is 5.78 Å². The van der Waals surface area contributed by atoms with Crippen molar-refractivity contribution in [2.75, 3.05) is 0 Å². The van der Waals surface area contributed by atoms with Crippen LogP contribution in [0, 0.1) is 0 Å². The molecule has 0 saturated heterocycles. The summed E-state index contributed by atoms with van der Waals surface area (Å²) >= 11 is 0. The van der Waals surface area contributed by atoms with Gasteiger partial charge >= 0.3 is 12.1 Å². The molecule has 3 aromatic rings. The van der Waals surface area contributed by atoms with Gasteiger partial charge < -0.3 is 15.2 Å². The molecule has 2 aromatic carbocycles. The number of carboxylic acid groups (broad SMARTS) is 1. The Bertz CT molecular complexity index is 1180. The number of H-pyrrole nitrogens is 1. The first-order valence-corrected chi connectivity index (χ1v) is 8.85. The molecule has 0 bridgehead atoms. The minimum atomic E-state index is -4.72. The summed E-state index contributed by atoms with van der Waals surface area (Å²) in [6.45, 7) is -0.784. The number of ketones is 1. The van der Waals surface area contributed by atoms with Gasteiger partial charge in [0.1, 0.15) is 0 Å². The van der Waals surface area contributed by atoms with Crippen LogP contribution in [0.5, 0.6) is 0 Å². The zero-order chi connectivity index (χ0) is 22.1. The SMILES string of the molecule is O=C(O)CCC(=O)c1c(CO)c2cc(-c3ccccc3)c(C(F)(F)F)cc2[nH]c1=O. The smallest absolute Gasteiger partial charge is 0.417 e. The number of aromatic amines is 1. The summed E-state index contributed by atoms with van der Waals surface area (Å²) in [5.41, 5.74) is -2.67. The molecule has 0 unspecified atom stereocenters. The lowest BCUT2D eigenvalue weighted by molar-refractivity contribution is -0.137. The molecule has 3 rings (SSSR count). The molecule has 1 aromatic heterocycles. The van der Waals surface area contributed by atoms with Crippen molar-refractivity contribution < 1.29 is 33.0 Å². The lowest BCUT2D eigenvalue weighted by atomic mass is 9.92. The summed E-state index contributed by atoms with van der Waals surface area (Å²) in [5.74, 6) is -2.06. The Kier molecular flexibility index (Phi) is 5.75. The molecule has 0 amide bonds. The summed E-state index contributed by atoms with van der Waals surface area (Å²) in [5, 5.41) is 18.6. The van der Waals surface area contributed by atoms with Crippen molar-refractivity contribution in [3.8, 4) is 11.1 Å². The molecule has 0 radical (unpaired) electrons. The second-order valence-electron chi connectivity index (χ2n) is 6.59. The van der Waals surface area contributed by atoms with Crippen LogP contribution in [0.15, 0.2) is 47.3 Å². The van der Waals surface area contributed by atoms with Crippen molar-refractivity contribution in [2.24, 2.45) is 0 Å². The molecule has 3 N–H and O–H groups in total. The van der Waals surface area contributed by atoms with E-state index in [0.29, 0.717) is 0 Å². The van der Waals surface area contributed by atoms with Crippen LogP contribution >= 0.6 is 0 Å². The number of aliphatic hydroxyl groups excluding tert-OH is 1. The third-order valence-electron chi connectivity index (χ3n) is 4.65. The third kappa shape index (κ3) is 4.11.